The number of aliphatic imine (C=N–C) groups is 7. The largest absolute Gasteiger partial charge is 0.309 e. The minimum absolute atomic E-state index is 0.0835. The second kappa shape index (κ2) is 16.6. The predicted molar refractivity (Wildman–Crippen MR) is 320 cm³/mol. The fourth-order valence-electron chi connectivity index (χ4n) is 12.4. The highest BCUT2D eigenvalue weighted by atomic mass is 15.3. The molecular weight excluding hydrogens is 929 g/mol. The van der Waals surface area contributed by atoms with Gasteiger partial charge in [-0.3, -0.25) is 0 Å². The Morgan fingerprint density at radius 1 is 0.368 bits per heavy atom. The summed E-state index contributed by atoms with van der Waals surface area (Å²) in [6.07, 6.45) is 2.20. The third kappa shape index (κ3) is 8.23. The van der Waals surface area contributed by atoms with Crippen LogP contribution in [0.5, 0.6) is 0 Å². The van der Waals surface area contributed by atoms with Crippen molar-refractivity contribution >= 4 is 83.9 Å². The molecule has 13 rings (SSSR count). The summed E-state index contributed by atoms with van der Waals surface area (Å²) < 4.78 is 0. The molecule has 8 aromatic rings. The summed E-state index contributed by atoms with van der Waals surface area (Å²) in [6.45, 7) is 28.5. The zero-order valence-electron chi connectivity index (χ0n) is 46.1. The van der Waals surface area contributed by atoms with Crippen molar-refractivity contribution in [2.24, 2.45) is 56.6 Å². The third-order valence-electron chi connectivity index (χ3n) is 15.1. The zero-order valence-corrected chi connectivity index (χ0v) is 46.1. The molecule has 0 saturated carbocycles. The summed E-state index contributed by atoms with van der Waals surface area (Å²) in [6, 6.07) is 48.4. The van der Waals surface area contributed by atoms with Crippen LogP contribution in [0.3, 0.4) is 0 Å². The van der Waals surface area contributed by atoms with Gasteiger partial charge in [0.2, 0.25) is 0 Å². The van der Waals surface area contributed by atoms with Crippen LogP contribution in [0.2, 0.25) is 0 Å². The standard InChI is InChI=1S/C68H66N8/c1-64(2,3)35-53-45-27-19-20-28-46(45)54(36-65(4,5)6)56-55(53)61-71-59-50-32-42-24-16-18-26-44(42)34-52(50)63(73-59)76(38-67(10,11)12)62-51-33-43-25-17-15-23-41(43)31-49(51)58(72-62)69-57-47-29-39-21-13-14-22-40(39)30-48(47)60(70-57)74-68(56,75-61)37-66(7,8)9/h13-34H,35-38H2,1-12H3. The van der Waals surface area contributed by atoms with Crippen molar-refractivity contribution in [3.05, 3.63) is 189 Å². The van der Waals surface area contributed by atoms with E-state index in [0.29, 0.717) is 42.1 Å². The average molecular weight is 995 g/mol. The van der Waals surface area contributed by atoms with Gasteiger partial charge in [-0.05, 0) is 125 Å². The van der Waals surface area contributed by atoms with E-state index in [4.69, 9.17) is 34.9 Å². The molecule has 0 N–H and O–H groups in total. The van der Waals surface area contributed by atoms with Crippen LogP contribution in [-0.4, -0.2) is 52.3 Å². The lowest BCUT2D eigenvalue weighted by molar-refractivity contribution is 0.267. The van der Waals surface area contributed by atoms with Crippen molar-refractivity contribution in [3.8, 4) is 0 Å². The first-order valence-corrected chi connectivity index (χ1v) is 27.1. The molecule has 0 radical (unpaired) electrons. The highest BCUT2D eigenvalue weighted by Crippen LogP contribution is 2.53. The molecular formula is C68H66N8. The number of amidine groups is 7. The molecule has 5 aliphatic rings. The summed E-state index contributed by atoms with van der Waals surface area (Å²) >= 11 is 0. The zero-order chi connectivity index (χ0) is 52.8. The van der Waals surface area contributed by atoms with Gasteiger partial charge in [-0.1, -0.05) is 180 Å². The van der Waals surface area contributed by atoms with Crippen molar-refractivity contribution in [2.45, 2.75) is 108 Å². The van der Waals surface area contributed by atoms with Gasteiger partial charge >= 0.3 is 0 Å². The second-order valence-corrected chi connectivity index (χ2v) is 26.7. The lowest BCUT2D eigenvalue weighted by Crippen LogP contribution is -2.42. The van der Waals surface area contributed by atoms with Crippen molar-refractivity contribution < 1.29 is 0 Å². The molecule has 8 nitrogen and oxygen atoms in total. The average Bonchev–Trinajstić information content (AvgIpc) is 4.16. The van der Waals surface area contributed by atoms with Crippen LogP contribution in [0.25, 0.3) is 43.1 Å². The number of rotatable bonds is 4. The highest BCUT2D eigenvalue weighted by Gasteiger charge is 2.49. The molecule has 5 aliphatic heterocycles. The van der Waals surface area contributed by atoms with Gasteiger partial charge in [0.05, 0.1) is 0 Å². The SMILES string of the molecule is CC(C)(C)Cc1c2c(c(CC(C)(C)C)c3ccccc13)C1(CC(C)(C)C)N=C3N=C(N=C4N=C(c5cc6ccccc6cc54)N(CC(C)(C)C)C4=NC(=NC2=N1)c1cc2ccccc2cc14)c1cc2ccccc2cc13. The fraction of sp³-hybridized carbons (Fsp3) is 0.309. The Bertz CT molecular complexity index is 4090. The topological polar surface area (TPSA) is 89.8 Å². The summed E-state index contributed by atoms with van der Waals surface area (Å²) in [5, 5.41) is 9.20. The number of hydrogen-bond acceptors (Lipinski definition) is 8. The number of hydrogen-bond donors (Lipinski definition) is 0. The van der Waals surface area contributed by atoms with Crippen LogP contribution in [0.1, 0.15) is 145 Å². The Morgan fingerprint density at radius 2 is 0.724 bits per heavy atom. The fourth-order valence-corrected chi connectivity index (χ4v) is 12.4. The lowest BCUT2D eigenvalue weighted by atomic mass is 9.73. The molecule has 1 atom stereocenters. The molecule has 0 aromatic heterocycles. The molecule has 378 valence electrons. The van der Waals surface area contributed by atoms with E-state index < -0.39 is 5.66 Å². The monoisotopic (exact) mass is 995 g/mol. The van der Waals surface area contributed by atoms with Crippen molar-refractivity contribution in [1.29, 1.82) is 0 Å². The van der Waals surface area contributed by atoms with Gasteiger partial charge in [-0.2, -0.15) is 0 Å². The van der Waals surface area contributed by atoms with Crippen molar-refractivity contribution in [2.75, 3.05) is 6.54 Å². The van der Waals surface area contributed by atoms with Crippen LogP contribution in [0.15, 0.2) is 168 Å². The molecule has 1 unspecified atom stereocenters. The van der Waals surface area contributed by atoms with Gasteiger partial charge < -0.3 is 4.90 Å². The van der Waals surface area contributed by atoms with Gasteiger partial charge in [-0.25, -0.2) is 34.9 Å². The quantitative estimate of drug-likeness (QED) is 0.173. The molecule has 0 fully saturated rings. The Morgan fingerprint density at radius 3 is 1.17 bits per heavy atom. The summed E-state index contributed by atoms with van der Waals surface area (Å²) in [5.74, 6) is 4.69. The van der Waals surface area contributed by atoms with Gasteiger partial charge in [0.1, 0.15) is 11.7 Å². The van der Waals surface area contributed by atoms with Gasteiger partial charge in [0.15, 0.2) is 34.8 Å². The third-order valence-corrected chi connectivity index (χ3v) is 15.1. The van der Waals surface area contributed by atoms with Crippen molar-refractivity contribution in [1.82, 2.24) is 4.90 Å². The summed E-state index contributed by atoms with van der Waals surface area (Å²) in [4.78, 5) is 43.3. The van der Waals surface area contributed by atoms with Gasteiger partial charge in [-0.15, -0.1) is 0 Å². The van der Waals surface area contributed by atoms with Crippen LogP contribution < -0.4 is 0 Å². The van der Waals surface area contributed by atoms with Crippen LogP contribution in [0.4, 0.5) is 0 Å². The maximum atomic E-state index is 6.14. The second-order valence-electron chi connectivity index (χ2n) is 26.7. The molecule has 0 amide bonds. The van der Waals surface area contributed by atoms with Gasteiger partial charge in [0, 0.05) is 57.5 Å². The molecule has 5 heterocycles. The maximum Gasteiger partial charge on any atom is 0.182 e. The van der Waals surface area contributed by atoms with E-state index in [0.717, 1.165) is 101 Å². The molecule has 8 aromatic carbocycles. The van der Waals surface area contributed by atoms with E-state index in [9.17, 15) is 0 Å². The molecule has 0 spiro atoms. The summed E-state index contributed by atoms with van der Waals surface area (Å²) in [5.41, 5.74) is 8.72. The minimum Gasteiger partial charge on any atom is -0.309 e. The number of fused-ring (bicyclic) bond motifs is 20. The van der Waals surface area contributed by atoms with Crippen LogP contribution in [-0.2, 0) is 18.5 Å². The normalized spacial score (nSPS) is 18.0. The van der Waals surface area contributed by atoms with E-state index in [-0.39, 0.29) is 21.7 Å². The van der Waals surface area contributed by atoms with Gasteiger partial charge in [0.25, 0.3) is 0 Å². The van der Waals surface area contributed by atoms with E-state index in [1.54, 1.807) is 0 Å². The van der Waals surface area contributed by atoms with E-state index in [2.05, 4.69) is 221 Å². The first kappa shape index (κ1) is 48.0. The summed E-state index contributed by atoms with van der Waals surface area (Å²) in [7, 11) is 0. The Hall–Kier alpha value is -7.71. The Balaban J connectivity index is 1.23. The minimum atomic E-state index is -1.15. The highest BCUT2D eigenvalue weighted by molar-refractivity contribution is 6.35. The van der Waals surface area contributed by atoms with Crippen LogP contribution in [0, 0.1) is 21.7 Å². The smallest absolute Gasteiger partial charge is 0.182 e. The molecule has 8 bridgehead atoms. The molecule has 76 heavy (non-hydrogen) atoms. The lowest BCUT2D eigenvalue weighted by Gasteiger charge is -2.35. The first-order valence-electron chi connectivity index (χ1n) is 27.1. The van der Waals surface area contributed by atoms with E-state index in [1.807, 2.05) is 0 Å². The molecule has 0 saturated heterocycles. The first-order chi connectivity index (χ1) is 36.1. The molecule has 0 aliphatic carbocycles. The predicted octanol–water partition coefficient (Wildman–Crippen LogP) is 15.8. The van der Waals surface area contributed by atoms with Crippen molar-refractivity contribution in [3.63, 3.8) is 0 Å². The van der Waals surface area contributed by atoms with Crippen LogP contribution >= 0.6 is 0 Å². The Kier molecular flexibility index (Phi) is 10.5. The number of nitrogens with zero attached hydrogens (tertiary/aromatic N) is 8. The Labute approximate surface area is 447 Å². The van der Waals surface area contributed by atoms with E-state index in [1.165, 1.54) is 21.9 Å². The molecule has 8 heteroatoms. The van der Waals surface area contributed by atoms with E-state index >= 15 is 0 Å². The maximum absolute atomic E-state index is 6.14. The number of benzene rings is 8.